The molecule has 0 aliphatic carbocycles. The molecular weight excluding hydrogens is 222 g/mol. The summed E-state index contributed by atoms with van der Waals surface area (Å²) in [7, 11) is 1.66. The molecule has 0 N–H and O–H groups in total. The normalized spacial score (nSPS) is 11.4. The molecule has 0 aliphatic rings. The third kappa shape index (κ3) is 2.77. The largest absolute Gasteiger partial charge is 0.494 e. The number of hydrogen-bond donors (Lipinski definition) is 0. The van der Waals surface area contributed by atoms with Crippen molar-refractivity contribution in [3.8, 4) is 5.75 Å². The lowest BCUT2D eigenvalue weighted by atomic mass is 10.1. The van der Waals surface area contributed by atoms with Crippen LogP contribution in [0.3, 0.4) is 0 Å². The van der Waals surface area contributed by atoms with Gasteiger partial charge < -0.3 is 4.74 Å². The number of nitrogens with zero attached hydrogens (tertiary/aromatic N) is 1. The van der Waals surface area contributed by atoms with E-state index in [9.17, 15) is 0 Å². The van der Waals surface area contributed by atoms with Gasteiger partial charge in [-0.15, -0.1) is 0 Å². The average molecular weight is 239 g/mol. The number of benzene rings is 2. The number of para-hydroxylation sites is 2. The molecule has 0 atom stereocenters. The van der Waals surface area contributed by atoms with E-state index in [1.165, 1.54) is 5.56 Å². The van der Waals surface area contributed by atoms with Gasteiger partial charge in [-0.3, -0.25) is 0 Å². The summed E-state index contributed by atoms with van der Waals surface area (Å²) in [5.41, 5.74) is 4.23. The molecule has 0 spiro atoms. The Morgan fingerprint density at radius 1 is 1.00 bits per heavy atom. The standard InChI is InChI=1S/C16H17NO/c1-12-8-10-14(11-9-12)13(2)17-15-6-4-5-7-16(15)18-3/h4-11H,1-3H3. The summed E-state index contributed by atoms with van der Waals surface area (Å²) in [4.78, 5) is 4.62. The zero-order valence-electron chi connectivity index (χ0n) is 11.0. The van der Waals surface area contributed by atoms with Gasteiger partial charge in [-0.25, -0.2) is 4.99 Å². The molecule has 0 unspecified atom stereocenters. The van der Waals surface area contributed by atoms with E-state index < -0.39 is 0 Å². The first-order valence-electron chi connectivity index (χ1n) is 5.96. The van der Waals surface area contributed by atoms with Crippen molar-refractivity contribution in [1.29, 1.82) is 0 Å². The summed E-state index contributed by atoms with van der Waals surface area (Å²) in [5.74, 6) is 0.795. The summed E-state index contributed by atoms with van der Waals surface area (Å²) < 4.78 is 5.29. The molecule has 0 heterocycles. The molecule has 18 heavy (non-hydrogen) atoms. The molecule has 0 saturated carbocycles. The van der Waals surface area contributed by atoms with Gasteiger partial charge in [0.1, 0.15) is 11.4 Å². The van der Waals surface area contributed by atoms with Crippen molar-refractivity contribution in [2.45, 2.75) is 13.8 Å². The van der Waals surface area contributed by atoms with Crippen LogP contribution in [0.1, 0.15) is 18.1 Å². The fraction of sp³-hybridized carbons (Fsp3) is 0.188. The first kappa shape index (κ1) is 12.4. The van der Waals surface area contributed by atoms with E-state index in [1.54, 1.807) is 7.11 Å². The second kappa shape index (κ2) is 5.50. The summed E-state index contributed by atoms with van der Waals surface area (Å²) in [6.45, 7) is 4.09. The molecule has 0 bridgehead atoms. The van der Waals surface area contributed by atoms with Gasteiger partial charge >= 0.3 is 0 Å². The Bertz CT molecular complexity index is 556. The fourth-order valence-electron chi connectivity index (χ4n) is 1.76. The molecule has 0 saturated heterocycles. The number of aliphatic imine (C=N–C) groups is 1. The van der Waals surface area contributed by atoms with Crippen molar-refractivity contribution < 1.29 is 4.74 Å². The molecule has 2 heteroatoms. The number of ether oxygens (including phenoxy) is 1. The Morgan fingerprint density at radius 3 is 2.33 bits per heavy atom. The maximum Gasteiger partial charge on any atom is 0.144 e. The number of hydrogen-bond acceptors (Lipinski definition) is 2. The Kier molecular flexibility index (Phi) is 3.78. The number of rotatable bonds is 3. The third-order valence-corrected chi connectivity index (χ3v) is 2.84. The summed E-state index contributed by atoms with van der Waals surface area (Å²) in [6.07, 6.45) is 0. The molecule has 0 aliphatic heterocycles. The minimum Gasteiger partial charge on any atom is -0.494 e. The summed E-state index contributed by atoms with van der Waals surface area (Å²) in [5, 5.41) is 0. The van der Waals surface area contributed by atoms with Crippen LogP contribution in [0.15, 0.2) is 53.5 Å². The van der Waals surface area contributed by atoms with Crippen molar-refractivity contribution >= 4 is 11.4 Å². The van der Waals surface area contributed by atoms with Crippen LogP contribution in [0.2, 0.25) is 0 Å². The molecule has 2 aromatic rings. The summed E-state index contributed by atoms with van der Waals surface area (Å²) >= 11 is 0. The second-order valence-electron chi connectivity index (χ2n) is 4.24. The highest BCUT2D eigenvalue weighted by Crippen LogP contribution is 2.27. The average Bonchev–Trinajstić information content (AvgIpc) is 2.40. The molecule has 92 valence electrons. The maximum absolute atomic E-state index is 5.29. The topological polar surface area (TPSA) is 21.6 Å². The van der Waals surface area contributed by atoms with Crippen LogP contribution in [-0.4, -0.2) is 12.8 Å². The van der Waals surface area contributed by atoms with E-state index in [4.69, 9.17) is 4.74 Å². The number of methoxy groups -OCH3 is 1. The van der Waals surface area contributed by atoms with Gasteiger partial charge in [-0.1, -0.05) is 42.0 Å². The highest BCUT2D eigenvalue weighted by molar-refractivity contribution is 6.00. The molecule has 0 aromatic heterocycles. The first-order valence-corrected chi connectivity index (χ1v) is 5.96. The van der Waals surface area contributed by atoms with Crippen LogP contribution in [-0.2, 0) is 0 Å². The van der Waals surface area contributed by atoms with Gasteiger partial charge in [-0.05, 0) is 31.5 Å². The van der Waals surface area contributed by atoms with E-state index >= 15 is 0 Å². The zero-order valence-corrected chi connectivity index (χ0v) is 11.0. The lowest BCUT2D eigenvalue weighted by molar-refractivity contribution is 0.416. The van der Waals surface area contributed by atoms with Gasteiger partial charge in [0.2, 0.25) is 0 Å². The predicted molar refractivity (Wildman–Crippen MR) is 76.0 cm³/mol. The molecule has 0 amide bonds. The molecule has 2 aromatic carbocycles. The van der Waals surface area contributed by atoms with Gasteiger partial charge in [0.15, 0.2) is 0 Å². The van der Waals surface area contributed by atoms with Crippen molar-refractivity contribution in [1.82, 2.24) is 0 Å². The maximum atomic E-state index is 5.29. The Balaban J connectivity index is 2.35. The van der Waals surface area contributed by atoms with Crippen LogP contribution in [0, 0.1) is 6.92 Å². The minimum absolute atomic E-state index is 0.795. The molecule has 2 nitrogen and oxygen atoms in total. The lowest BCUT2D eigenvalue weighted by Crippen LogP contribution is -1.94. The quantitative estimate of drug-likeness (QED) is 0.737. The highest BCUT2D eigenvalue weighted by atomic mass is 16.5. The van der Waals surface area contributed by atoms with Crippen LogP contribution >= 0.6 is 0 Å². The minimum atomic E-state index is 0.795. The predicted octanol–water partition coefficient (Wildman–Crippen LogP) is 4.14. The fourth-order valence-corrected chi connectivity index (χ4v) is 1.76. The van der Waals surface area contributed by atoms with Crippen LogP contribution in [0.5, 0.6) is 5.75 Å². The molecular formula is C16H17NO. The van der Waals surface area contributed by atoms with E-state index in [1.807, 2.05) is 31.2 Å². The van der Waals surface area contributed by atoms with Gasteiger partial charge in [0, 0.05) is 5.71 Å². The summed E-state index contributed by atoms with van der Waals surface area (Å²) in [6, 6.07) is 16.1. The van der Waals surface area contributed by atoms with Gasteiger partial charge in [0.05, 0.1) is 7.11 Å². The van der Waals surface area contributed by atoms with Crippen LogP contribution in [0.4, 0.5) is 5.69 Å². The van der Waals surface area contributed by atoms with E-state index in [0.717, 1.165) is 22.7 Å². The van der Waals surface area contributed by atoms with Crippen LogP contribution < -0.4 is 4.74 Å². The smallest absolute Gasteiger partial charge is 0.144 e. The third-order valence-electron chi connectivity index (χ3n) is 2.84. The van der Waals surface area contributed by atoms with Gasteiger partial charge in [0.25, 0.3) is 0 Å². The van der Waals surface area contributed by atoms with Crippen molar-refractivity contribution in [3.05, 3.63) is 59.7 Å². The zero-order chi connectivity index (χ0) is 13.0. The molecule has 2 rings (SSSR count). The van der Waals surface area contributed by atoms with Crippen LogP contribution in [0.25, 0.3) is 0 Å². The van der Waals surface area contributed by atoms with Gasteiger partial charge in [-0.2, -0.15) is 0 Å². The number of aryl methyl sites for hydroxylation is 1. The molecule has 0 radical (unpaired) electrons. The second-order valence-corrected chi connectivity index (χ2v) is 4.24. The monoisotopic (exact) mass is 239 g/mol. The van der Waals surface area contributed by atoms with Crippen molar-refractivity contribution in [3.63, 3.8) is 0 Å². The molecule has 0 fully saturated rings. The van der Waals surface area contributed by atoms with Crippen molar-refractivity contribution in [2.75, 3.05) is 7.11 Å². The SMILES string of the molecule is COc1ccccc1N=C(C)c1ccc(C)cc1. The van der Waals surface area contributed by atoms with E-state index in [0.29, 0.717) is 0 Å². The highest BCUT2D eigenvalue weighted by Gasteiger charge is 2.02. The van der Waals surface area contributed by atoms with Crippen molar-refractivity contribution in [2.24, 2.45) is 4.99 Å². The Morgan fingerprint density at radius 2 is 1.67 bits per heavy atom. The van der Waals surface area contributed by atoms with E-state index in [-0.39, 0.29) is 0 Å². The Hall–Kier alpha value is -2.09. The first-order chi connectivity index (χ1) is 8.70. The lowest BCUT2D eigenvalue weighted by Gasteiger charge is -2.06. The Labute approximate surface area is 108 Å². The van der Waals surface area contributed by atoms with E-state index in [2.05, 4.69) is 36.2 Å².